The van der Waals surface area contributed by atoms with Gasteiger partial charge in [0, 0.05) is 5.56 Å². The molecule has 4 rings (SSSR count). The van der Waals surface area contributed by atoms with Crippen LogP contribution in [-0.4, -0.2) is 11.2 Å². The molecule has 0 bridgehead atoms. The number of aromatic hydroxyl groups is 1. The lowest BCUT2D eigenvalue weighted by Gasteiger charge is -2.38. The quantitative estimate of drug-likeness (QED) is 0.845. The van der Waals surface area contributed by atoms with Gasteiger partial charge in [0.1, 0.15) is 17.6 Å². The fourth-order valence-corrected chi connectivity index (χ4v) is 3.94. The highest BCUT2D eigenvalue weighted by Crippen LogP contribution is 2.53. The Balaban J connectivity index is 1.92. The van der Waals surface area contributed by atoms with E-state index in [0.717, 1.165) is 18.6 Å². The highest BCUT2D eigenvalue weighted by atomic mass is 16.5. The lowest BCUT2D eigenvalue weighted by Crippen LogP contribution is -2.41. The van der Waals surface area contributed by atoms with Crippen molar-refractivity contribution in [1.29, 1.82) is 0 Å². The van der Waals surface area contributed by atoms with Crippen molar-refractivity contribution in [2.45, 2.75) is 37.2 Å². The zero-order valence-electron chi connectivity index (χ0n) is 11.4. The van der Waals surface area contributed by atoms with Gasteiger partial charge in [0.2, 0.25) is 0 Å². The average Bonchev–Trinajstić information content (AvgIpc) is 2.83. The number of hydrogen-bond donors (Lipinski definition) is 1. The molecule has 2 atom stereocenters. The number of ether oxygens (including phenoxy) is 1. The van der Waals surface area contributed by atoms with E-state index in [9.17, 15) is 5.11 Å². The van der Waals surface area contributed by atoms with E-state index < -0.39 is 0 Å². The number of rotatable bonds is 1. The van der Waals surface area contributed by atoms with E-state index in [0.29, 0.717) is 5.75 Å². The molecule has 2 aliphatic rings. The number of para-hydroxylation sites is 1. The maximum atomic E-state index is 9.56. The molecule has 2 nitrogen and oxygen atoms in total. The fourth-order valence-electron chi connectivity index (χ4n) is 3.94. The van der Waals surface area contributed by atoms with Crippen LogP contribution < -0.4 is 4.74 Å². The van der Waals surface area contributed by atoms with Crippen molar-refractivity contribution in [3.63, 3.8) is 0 Å². The van der Waals surface area contributed by atoms with E-state index in [-0.39, 0.29) is 11.5 Å². The number of fused-ring (bicyclic) bond motifs is 3. The van der Waals surface area contributed by atoms with Crippen molar-refractivity contribution in [1.82, 2.24) is 0 Å². The Hall–Kier alpha value is -1.96. The van der Waals surface area contributed by atoms with Gasteiger partial charge in [-0.3, -0.25) is 0 Å². The first kappa shape index (κ1) is 11.8. The van der Waals surface area contributed by atoms with Crippen molar-refractivity contribution in [3.05, 3.63) is 59.7 Å². The summed E-state index contributed by atoms with van der Waals surface area (Å²) in [6.07, 6.45) is 4.93. The average molecular weight is 266 g/mol. The molecular weight excluding hydrogens is 248 g/mol. The second kappa shape index (κ2) is 4.27. The van der Waals surface area contributed by atoms with Gasteiger partial charge in [-0.2, -0.15) is 0 Å². The van der Waals surface area contributed by atoms with Gasteiger partial charge in [-0.05, 0) is 43.0 Å². The molecule has 1 saturated carbocycles. The summed E-state index contributed by atoms with van der Waals surface area (Å²) in [4.78, 5) is 0. The monoisotopic (exact) mass is 266 g/mol. The molecule has 2 heteroatoms. The van der Waals surface area contributed by atoms with E-state index in [2.05, 4.69) is 30.3 Å². The van der Waals surface area contributed by atoms with Crippen LogP contribution in [0.15, 0.2) is 48.5 Å². The molecule has 20 heavy (non-hydrogen) atoms. The SMILES string of the molecule is Oc1ccc([C@@]23CCCC[C@@H]2Oc2ccccc23)cc1. The Morgan fingerprint density at radius 1 is 1.00 bits per heavy atom. The third kappa shape index (κ3) is 1.51. The van der Waals surface area contributed by atoms with E-state index in [1.54, 1.807) is 12.1 Å². The minimum Gasteiger partial charge on any atom is -0.508 e. The maximum Gasteiger partial charge on any atom is 0.124 e. The Morgan fingerprint density at radius 2 is 1.80 bits per heavy atom. The summed E-state index contributed by atoms with van der Waals surface area (Å²) in [5.74, 6) is 1.36. The summed E-state index contributed by atoms with van der Waals surface area (Å²) in [6, 6.07) is 16.1. The van der Waals surface area contributed by atoms with Crippen LogP contribution in [0.4, 0.5) is 0 Å². The molecule has 0 amide bonds. The molecule has 0 aromatic heterocycles. The molecule has 1 N–H and O–H groups in total. The first-order chi connectivity index (χ1) is 9.80. The zero-order valence-corrected chi connectivity index (χ0v) is 11.4. The van der Waals surface area contributed by atoms with Crippen molar-refractivity contribution >= 4 is 0 Å². The van der Waals surface area contributed by atoms with E-state index in [1.165, 1.54) is 24.0 Å². The molecule has 0 radical (unpaired) electrons. The summed E-state index contributed by atoms with van der Waals surface area (Å²) in [6.45, 7) is 0. The van der Waals surface area contributed by atoms with Crippen LogP contribution in [0.25, 0.3) is 0 Å². The minimum absolute atomic E-state index is 0.0253. The molecule has 0 spiro atoms. The number of hydrogen-bond acceptors (Lipinski definition) is 2. The number of phenolic OH excluding ortho intramolecular Hbond substituents is 1. The van der Waals surface area contributed by atoms with Crippen LogP contribution in [0, 0.1) is 0 Å². The Kier molecular flexibility index (Phi) is 2.53. The summed E-state index contributed by atoms with van der Waals surface area (Å²) >= 11 is 0. The van der Waals surface area contributed by atoms with Crippen molar-refractivity contribution < 1.29 is 9.84 Å². The van der Waals surface area contributed by atoms with Crippen LogP contribution in [-0.2, 0) is 5.41 Å². The largest absolute Gasteiger partial charge is 0.508 e. The molecule has 1 heterocycles. The van der Waals surface area contributed by atoms with Gasteiger partial charge in [0.25, 0.3) is 0 Å². The summed E-state index contributed by atoms with van der Waals surface area (Å²) in [5, 5.41) is 9.56. The Labute approximate surface area is 119 Å². The lowest BCUT2D eigenvalue weighted by molar-refractivity contribution is 0.123. The van der Waals surface area contributed by atoms with Crippen LogP contribution in [0.1, 0.15) is 36.8 Å². The zero-order chi connectivity index (χ0) is 13.6. The minimum atomic E-state index is -0.0253. The summed E-state index contributed by atoms with van der Waals surface area (Å²) < 4.78 is 6.24. The van der Waals surface area contributed by atoms with Crippen molar-refractivity contribution in [2.75, 3.05) is 0 Å². The summed E-state index contributed by atoms with van der Waals surface area (Å²) in [7, 11) is 0. The highest BCUT2D eigenvalue weighted by Gasteiger charge is 2.50. The highest BCUT2D eigenvalue weighted by molar-refractivity contribution is 5.53. The third-order valence-electron chi connectivity index (χ3n) is 4.86. The maximum absolute atomic E-state index is 9.56. The predicted octanol–water partition coefficient (Wildman–Crippen LogP) is 4.01. The smallest absolute Gasteiger partial charge is 0.124 e. The fraction of sp³-hybridized carbons (Fsp3) is 0.333. The first-order valence-electron chi connectivity index (χ1n) is 7.36. The topological polar surface area (TPSA) is 29.5 Å². The number of phenols is 1. The standard InChI is InChI=1S/C18H18O2/c19-14-10-8-13(9-11-14)18-12-4-3-7-17(18)20-16-6-2-1-5-15(16)18/h1-2,5-6,8-11,17,19H,3-4,7,12H2/t17-,18+/m0/s1. The van der Waals surface area contributed by atoms with Crippen molar-refractivity contribution in [3.8, 4) is 11.5 Å². The molecule has 2 aromatic carbocycles. The molecular formula is C18H18O2. The van der Waals surface area contributed by atoms with Crippen LogP contribution in [0.3, 0.4) is 0 Å². The van der Waals surface area contributed by atoms with Crippen LogP contribution in [0.2, 0.25) is 0 Å². The normalized spacial score (nSPS) is 27.5. The van der Waals surface area contributed by atoms with E-state index in [1.807, 2.05) is 6.07 Å². The van der Waals surface area contributed by atoms with E-state index >= 15 is 0 Å². The van der Waals surface area contributed by atoms with Gasteiger partial charge in [0.05, 0.1) is 5.41 Å². The number of benzene rings is 2. The van der Waals surface area contributed by atoms with Gasteiger partial charge in [0.15, 0.2) is 0 Å². The van der Waals surface area contributed by atoms with E-state index in [4.69, 9.17) is 4.74 Å². The molecule has 0 saturated heterocycles. The van der Waals surface area contributed by atoms with Gasteiger partial charge in [-0.25, -0.2) is 0 Å². The van der Waals surface area contributed by atoms with Gasteiger partial charge >= 0.3 is 0 Å². The molecule has 2 aromatic rings. The van der Waals surface area contributed by atoms with Crippen LogP contribution >= 0.6 is 0 Å². The predicted molar refractivity (Wildman–Crippen MR) is 78.2 cm³/mol. The van der Waals surface area contributed by atoms with Gasteiger partial charge in [-0.1, -0.05) is 36.8 Å². The molecule has 1 fully saturated rings. The van der Waals surface area contributed by atoms with Crippen LogP contribution in [0.5, 0.6) is 11.5 Å². The Morgan fingerprint density at radius 3 is 2.65 bits per heavy atom. The molecule has 0 unspecified atom stereocenters. The molecule has 1 aliphatic carbocycles. The van der Waals surface area contributed by atoms with Gasteiger partial charge in [-0.15, -0.1) is 0 Å². The lowest BCUT2D eigenvalue weighted by atomic mass is 9.64. The summed E-state index contributed by atoms with van der Waals surface area (Å²) in [5.41, 5.74) is 2.56. The second-order valence-electron chi connectivity index (χ2n) is 5.87. The molecule has 102 valence electrons. The van der Waals surface area contributed by atoms with Gasteiger partial charge < -0.3 is 9.84 Å². The molecule has 1 aliphatic heterocycles. The third-order valence-corrected chi connectivity index (χ3v) is 4.86. The Bertz CT molecular complexity index is 632. The van der Waals surface area contributed by atoms with Crippen molar-refractivity contribution in [2.24, 2.45) is 0 Å². The first-order valence-corrected chi connectivity index (χ1v) is 7.36. The second-order valence-corrected chi connectivity index (χ2v) is 5.87.